The Morgan fingerprint density at radius 1 is 1.06 bits per heavy atom. The number of nitrogens with zero attached hydrogens (tertiary/aromatic N) is 1. The van der Waals surface area contributed by atoms with Crippen molar-refractivity contribution in [3.63, 3.8) is 0 Å². The van der Waals surface area contributed by atoms with E-state index in [-0.39, 0.29) is 0 Å². The number of rotatable bonds is 0. The molecule has 3 rings (SSSR count). The summed E-state index contributed by atoms with van der Waals surface area (Å²) in [7, 11) is 0. The zero-order valence-corrected chi connectivity index (χ0v) is 9.87. The van der Waals surface area contributed by atoms with Crippen LogP contribution in [0.4, 0.5) is 0 Å². The second-order valence-electron chi connectivity index (χ2n) is 3.86. The highest BCUT2D eigenvalue weighted by Crippen LogP contribution is 2.32. The van der Waals surface area contributed by atoms with Gasteiger partial charge in [0.2, 0.25) is 0 Å². The molecule has 2 heteroatoms. The number of aryl methyl sites for hydroxylation is 1. The summed E-state index contributed by atoms with van der Waals surface area (Å²) in [6.07, 6.45) is 6.39. The van der Waals surface area contributed by atoms with Gasteiger partial charge in [-0.25, -0.2) is 0 Å². The Labute approximate surface area is 99.4 Å². The molecule has 0 bridgehead atoms. The van der Waals surface area contributed by atoms with Crippen molar-refractivity contribution in [1.82, 2.24) is 0 Å². The Bertz CT molecular complexity index is 573. The molecular formula is C14H12NS+. The molecule has 78 valence electrons. The highest BCUT2D eigenvalue weighted by Gasteiger charge is 2.17. The minimum atomic E-state index is 1.29. The lowest BCUT2D eigenvalue weighted by molar-refractivity contribution is -0.609. The maximum atomic E-state index is 2.18. The van der Waals surface area contributed by atoms with Gasteiger partial charge >= 0.3 is 0 Å². The van der Waals surface area contributed by atoms with Crippen molar-refractivity contribution < 1.29 is 4.57 Å². The molecule has 0 saturated heterocycles. The average Bonchev–Trinajstić information content (AvgIpc) is 2.50. The highest BCUT2D eigenvalue weighted by atomic mass is 32.2. The Morgan fingerprint density at radius 3 is 2.88 bits per heavy atom. The Morgan fingerprint density at radius 2 is 1.94 bits per heavy atom. The van der Waals surface area contributed by atoms with Crippen molar-refractivity contribution >= 4 is 24.0 Å². The summed E-state index contributed by atoms with van der Waals surface area (Å²) >= 11 is 1.83. The number of pyridine rings is 1. The van der Waals surface area contributed by atoms with Crippen LogP contribution in [0.2, 0.25) is 0 Å². The fourth-order valence-electron chi connectivity index (χ4n) is 1.85. The smallest absolute Gasteiger partial charge is 0.161 e. The van der Waals surface area contributed by atoms with E-state index in [1.807, 2.05) is 11.8 Å². The minimum absolute atomic E-state index is 1.29. The molecule has 0 N–H and O–H groups in total. The molecule has 0 unspecified atom stereocenters. The summed E-state index contributed by atoms with van der Waals surface area (Å²) < 4.78 is 2.18. The minimum Gasteiger partial charge on any atom is -0.161 e. The Balaban J connectivity index is 2.22. The molecular weight excluding hydrogens is 214 g/mol. The van der Waals surface area contributed by atoms with Crippen LogP contribution in [0.1, 0.15) is 11.1 Å². The molecule has 0 saturated carbocycles. The van der Waals surface area contributed by atoms with E-state index >= 15 is 0 Å². The van der Waals surface area contributed by atoms with E-state index in [0.717, 1.165) is 0 Å². The van der Waals surface area contributed by atoms with Crippen LogP contribution in [0.25, 0.3) is 12.3 Å². The second-order valence-corrected chi connectivity index (χ2v) is 4.89. The third kappa shape index (κ3) is 1.55. The molecule has 0 radical (unpaired) electrons. The van der Waals surface area contributed by atoms with Crippen molar-refractivity contribution in [2.45, 2.75) is 16.8 Å². The van der Waals surface area contributed by atoms with Gasteiger partial charge in [-0.15, -0.1) is 0 Å². The molecule has 0 aliphatic carbocycles. The van der Waals surface area contributed by atoms with Gasteiger partial charge in [0.15, 0.2) is 12.4 Å². The maximum Gasteiger partial charge on any atom is 0.253 e. The largest absolute Gasteiger partial charge is 0.253 e. The van der Waals surface area contributed by atoms with Gasteiger partial charge in [-0.05, 0) is 36.4 Å². The lowest BCUT2D eigenvalue weighted by Crippen LogP contribution is -2.28. The molecule has 1 aliphatic rings. The first-order valence-corrected chi connectivity index (χ1v) is 6.12. The van der Waals surface area contributed by atoms with Crippen LogP contribution < -0.4 is 4.57 Å². The van der Waals surface area contributed by atoms with Crippen LogP contribution in [-0.4, -0.2) is 0 Å². The molecule has 0 amide bonds. The van der Waals surface area contributed by atoms with E-state index in [1.165, 1.54) is 21.0 Å². The molecule has 0 atom stereocenters. The van der Waals surface area contributed by atoms with E-state index in [4.69, 9.17) is 0 Å². The van der Waals surface area contributed by atoms with E-state index in [0.29, 0.717) is 0 Å². The van der Waals surface area contributed by atoms with Gasteiger partial charge in [0.1, 0.15) is 0 Å². The Hall–Kier alpha value is -1.54. The quantitative estimate of drug-likeness (QED) is 0.531. The summed E-state index contributed by atoms with van der Waals surface area (Å²) in [6, 6.07) is 12.7. The fraction of sp³-hybridized carbons (Fsp3) is 0.0714. The van der Waals surface area contributed by atoms with Crippen molar-refractivity contribution in [3.05, 3.63) is 53.7 Å². The van der Waals surface area contributed by atoms with E-state index in [9.17, 15) is 0 Å². The van der Waals surface area contributed by atoms with Gasteiger partial charge in [0, 0.05) is 22.6 Å². The molecule has 1 aromatic heterocycles. The number of benzene rings is 1. The number of hydrogen-bond acceptors (Lipinski definition) is 1. The van der Waals surface area contributed by atoms with Crippen LogP contribution in [0, 0.1) is 6.92 Å². The molecule has 2 aromatic rings. The average molecular weight is 226 g/mol. The van der Waals surface area contributed by atoms with Crippen LogP contribution in [-0.2, 0) is 0 Å². The molecule has 2 heterocycles. The molecule has 1 nitrogen and oxygen atoms in total. The Kier molecular flexibility index (Phi) is 2.29. The molecule has 1 aliphatic heterocycles. The summed E-state index contributed by atoms with van der Waals surface area (Å²) in [5.41, 5.74) is 2.60. The maximum absolute atomic E-state index is 2.18. The summed E-state index contributed by atoms with van der Waals surface area (Å²) in [4.78, 5) is 1.32. The second kappa shape index (κ2) is 3.80. The van der Waals surface area contributed by atoms with E-state index in [1.54, 1.807) is 0 Å². The van der Waals surface area contributed by atoms with Crippen molar-refractivity contribution in [2.75, 3.05) is 0 Å². The van der Waals surface area contributed by atoms with Gasteiger partial charge in [-0.1, -0.05) is 18.2 Å². The lowest BCUT2D eigenvalue weighted by Gasteiger charge is -2.02. The van der Waals surface area contributed by atoms with Gasteiger partial charge in [-0.3, -0.25) is 0 Å². The molecule has 1 aromatic carbocycles. The standard InChI is InChI=1S/C14H12NS/c1-11-5-4-9-15-10-8-12-6-2-3-7-13(12)16-14(11)15/h2-10H,1H3/q+1. The van der Waals surface area contributed by atoms with Gasteiger partial charge in [0.05, 0.1) is 0 Å². The third-order valence-corrected chi connectivity index (χ3v) is 4.02. The fourth-order valence-corrected chi connectivity index (χ4v) is 2.91. The number of hydrogen-bond donors (Lipinski definition) is 0. The van der Waals surface area contributed by atoms with Crippen LogP contribution in [0.15, 0.2) is 52.5 Å². The summed E-state index contributed by atoms with van der Waals surface area (Å²) in [5, 5.41) is 1.30. The van der Waals surface area contributed by atoms with Gasteiger partial charge in [-0.2, -0.15) is 4.57 Å². The van der Waals surface area contributed by atoms with E-state index in [2.05, 4.69) is 66.4 Å². The monoisotopic (exact) mass is 226 g/mol. The summed E-state index contributed by atoms with van der Waals surface area (Å²) in [5.74, 6) is 0. The number of fused-ring (bicyclic) bond motifs is 2. The van der Waals surface area contributed by atoms with Crippen molar-refractivity contribution in [2.24, 2.45) is 0 Å². The summed E-state index contributed by atoms with van der Waals surface area (Å²) in [6.45, 7) is 2.15. The zero-order valence-electron chi connectivity index (χ0n) is 9.05. The van der Waals surface area contributed by atoms with Gasteiger partial charge in [0.25, 0.3) is 5.03 Å². The van der Waals surface area contributed by atoms with Crippen LogP contribution >= 0.6 is 11.8 Å². The first kappa shape index (κ1) is 9.67. The first-order chi connectivity index (χ1) is 7.84. The highest BCUT2D eigenvalue weighted by molar-refractivity contribution is 7.99. The lowest BCUT2D eigenvalue weighted by atomic mass is 10.2. The SMILES string of the molecule is Cc1ccc[n+]2c1Sc1ccccc1C=C2. The first-order valence-electron chi connectivity index (χ1n) is 5.30. The van der Waals surface area contributed by atoms with Crippen LogP contribution in [0.5, 0.6) is 0 Å². The van der Waals surface area contributed by atoms with Crippen molar-refractivity contribution in [3.8, 4) is 0 Å². The molecule has 0 spiro atoms. The van der Waals surface area contributed by atoms with E-state index < -0.39 is 0 Å². The third-order valence-electron chi connectivity index (χ3n) is 2.71. The van der Waals surface area contributed by atoms with Crippen LogP contribution in [0.3, 0.4) is 0 Å². The topological polar surface area (TPSA) is 3.88 Å². The van der Waals surface area contributed by atoms with Crippen molar-refractivity contribution in [1.29, 1.82) is 0 Å². The predicted octanol–water partition coefficient (Wildman–Crippen LogP) is 3.38. The zero-order chi connectivity index (χ0) is 11.0. The van der Waals surface area contributed by atoms with Gasteiger partial charge < -0.3 is 0 Å². The normalized spacial score (nSPS) is 12.8. The molecule has 16 heavy (non-hydrogen) atoms. The predicted molar refractivity (Wildman–Crippen MR) is 67.2 cm³/mol. The number of aromatic nitrogens is 1. The molecule has 0 fully saturated rings.